The number of aromatic nitrogens is 2. The van der Waals surface area contributed by atoms with Crippen LogP contribution in [-0.4, -0.2) is 9.55 Å². The van der Waals surface area contributed by atoms with E-state index in [1.165, 1.54) is 11.1 Å². The first-order chi connectivity index (χ1) is 9.41. The van der Waals surface area contributed by atoms with Crippen molar-refractivity contribution in [1.29, 1.82) is 0 Å². The van der Waals surface area contributed by atoms with Gasteiger partial charge in [-0.25, -0.2) is 4.98 Å². The van der Waals surface area contributed by atoms with Crippen molar-refractivity contribution in [2.45, 2.75) is 52.1 Å². The highest BCUT2D eigenvalue weighted by Gasteiger charge is 2.14. The molecule has 2 N–H and O–H groups in total. The zero-order valence-corrected chi connectivity index (χ0v) is 12.9. The smallest absolute Gasteiger partial charge is 0.108 e. The van der Waals surface area contributed by atoms with E-state index in [2.05, 4.69) is 61.5 Å². The van der Waals surface area contributed by atoms with Crippen molar-refractivity contribution < 1.29 is 0 Å². The molecule has 2 rings (SSSR count). The lowest BCUT2D eigenvalue weighted by Crippen LogP contribution is -2.19. The average Bonchev–Trinajstić information content (AvgIpc) is 2.85. The molecule has 1 atom stereocenters. The van der Waals surface area contributed by atoms with Crippen LogP contribution < -0.4 is 5.73 Å². The molecule has 0 aliphatic carbocycles. The predicted octanol–water partition coefficient (Wildman–Crippen LogP) is 3.44. The molecule has 0 radical (unpaired) electrons. The van der Waals surface area contributed by atoms with Crippen molar-refractivity contribution >= 4 is 0 Å². The Morgan fingerprint density at radius 2 is 1.85 bits per heavy atom. The fourth-order valence-electron chi connectivity index (χ4n) is 2.37. The Balaban J connectivity index is 2.12. The molecule has 0 aliphatic heterocycles. The van der Waals surface area contributed by atoms with Crippen LogP contribution in [0.5, 0.6) is 0 Å². The maximum Gasteiger partial charge on any atom is 0.108 e. The minimum absolute atomic E-state index is 0.00326. The third-order valence-corrected chi connectivity index (χ3v) is 3.72. The molecule has 1 heterocycles. The van der Waals surface area contributed by atoms with Gasteiger partial charge in [0.25, 0.3) is 0 Å². The summed E-state index contributed by atoms with van der Waals surface area (Å²) in [6.07, 6.45) is 4.78. The van der Waals surface area contributed by atoms with Crippen LogP contribution >= 0.6 is 0 Å². The molecule has 0 spiro atoms. The first-order valence-corrected chi connectivity index (χ1v) is 7.28. The van der Waals surface area contributed by atoms with Crippen molar-refractivity contribution in [3.05, 3.63) is 53.6 Å². The Labute approximate surface area is 121 Å². The summed E-state index contributed by atoms with van der Waals surface area (Å²) in [6, 6.07) is 8.67. The zero-order valence-electron chi connectivity index (χ0n) is 12.9. The van der Waals surface area contributed by atoms with Crippen molar-refractivity contribution in [3.8, 4) is 0 Å². The van der Waals surface area contributed by atoms with Crippen molar-refractivity contribution in [2.24, 2.45) is 5.73 Å². The molecule has 0 aliphatic rings. The van der Waals surface area contributed by atoms with Crippen LogP contribution in [0, 0.1) is 0 Å². The maximum atomic E-state index is 6.32. The molecule has 0 fully saturated rings. The van der Waals surface area contributed by atoms with Gasteiger partial charge in [0, 0.05) is 31.4 Å². The number of aryl methyl sites for hydroxylation is 1. The van der Waals surface area contributed by atoms with Gasteiger partial charge in [0.1, 0.15) is 5.82 Å². The quantitative estimate of drug-likeness (QED) is 0.925. The van der Waals surface area contributed by atoms with Gasteiger partial charge in [-0.3, -0.25) is 0 Å². The first-order valence-electron chi connectivity index (χ1n) is 7.28. The molecule has 1 unspecified atom stereocenters. The molecular weight excluding hydrogens is 246 g/mol. The molecule has 1 aromatic heterocycles. The van der Waals surface area contributed by atoms with E-state index in [9.17, 15) is 0 Å². The summed E-state index contributed by atoms with van der Waals surface area (Å²) >= 11 is 0. The van der Waals surface area contributed by atoms with Crippen molar-refractivity contribution in [1.82, 2.24) is 9.55 Å². The standard InChI is InChI=1S/C17H25N3/c1-5-16-19-10-11-20(16)12-15(18)13-6-8-14(9-7-13)17(2,3)4/h6-11,15H,5,12,18H2,1-4H3. The molecule has 2 aromatic rings. The average molecular weight is 271 g/mol. The van der Waals surface area contributed by atoms with E-state index in [0.29, 0.717) is 0 Å². The highest BCUT2D eigenvalue weighted by molar-refractivity contribution is 5.29. The molecule has 0 amide bonds. The highest BCUT2D eigenvalue weighted by Crippen LogP contribution is 2.24. The highest BCUT2D eigenvalue weighted by atomic mass is 15.1. The Kier molecular flexibility index (Phi) is 4.29. The van der Waals surface area contributed by atoms with Crippen LogP contribution in [0.1, 0.15) is 50.7 Å². The lowest BCUT2D eigenvalue weighted by molar-refractivity contribution is 0.555. The summed E-state index contributed by atoms with van der Waals surface area (Å²) in [5.74, 6) is 1.09. The largest absolute Gasteiger partial charge is 0.333 e. The molecule has 1 aromatic carbocycles. The number of nitrogens with two attached hydrogens (primary N) is 1. The van der Waals surface area contributed by atoms with Crippen LogP contribution in [0.25, 0.3) is 0 Å². The molecule has 20 heavy (non-hydrogen) atoms. The van der Waals surface area contributed by atoms with Gasteiger partial charge in [-0.2, -0.15) is 0 Å². The lowest BCUT2D eigenvalue weighted by atomic mass is 9.86. The van der Waals surface area contributed by atoms with Crippen LogP contribution in [0.4, 0.5) is 0 Å². The van der Waals surface area contributed by atoms with E-state index >= 15 is 0 Å². The molecular formula is C17H25N3. The number of hydrogen-bond donors (Lipinski definition) is 1. The van der Waals surface area contributed by atoms with E-state index in [1.54, 1.807) is 0 Å². The van der Waals surface area contributed by atoms with E-state index < -0.39 is 0 Å². The summed E-state index contributed by atoms with van der Waals surface area (Å²) < 4.78 is 2.14. The maximum absolute atomic E-state index is 6.32. The van der Waals surface area contributed by atoms with Gasteiger partial charge in [-0.15, -0.1) is 0 Å². The summed E-state index contributed by atoms with van der Waals surface area (Å²) in [5.41, 5.74) is 9.02. The minimum Gasteiger partial charge on any atom is -0.333 e. The van der Waals surface area contributed by atoms with Crippen molar-refractivity contribution in [2.75, 3.05) is 0 Å². The Bertz CT molecular complexity index is 546. The second-order valence-electron chi connectivity index (χ2n) is 6.33. The lowest BCUT2D eigenvalue weighted by Gasteiger charge is -2.20. The summed E-state index contributed by atoms with van der Waals surface area (Å²) in [5, 5.41) is 0. The topological polar surface area (TPSA) is 43.8 Å². The molecule has 0 saturated heterocycles. The monoisotopic (exact) mass is 271 g/mol. The normalized spacial score (nSPS) is 13.4. The van der Waals surface area contributed by atoms with Crippen LogP contribution in [0.15, 0.2) is 36.7 Å². The van der Waals surface area contributed by atoms with Crippen LogP contribution in [0.2, 0.25) is 0 Å². The summed E-state index contributed by atoms with van der Waals surface area (Å²) in [4.78, 5) is 4.34. The van der Waals surface area contributed by atoms with Gasteiger partial charge in [0.15, 0.2) is 0 Å². The fraction of sp³-hybridized carbons (Fsp3) is 0.471. The number of nitrogens with zero attached hydrogens (tertiary/aromatic N) is 2. The predicted molar refractivity (Wildman–Crippen MR) is 83.7 cm³/mol. The van der Waals surface area contributed by atoms with Gasteiger partial charge < -0.3 is 10.3 Å². The Hall–Kier alpha value is -1.61. The van der Waals surface area contributed by atoms with Gasteiger partial charge in [0.2, 0.25) is 0 Å². The number of benzene rings is 1. The van der Waals surface area contributed by atoms with E-state index in [4.69, 9.17) is 5.73 Å². The SMILES string of the molecule is CCc1nccn1CC(N)c1ccc(C(C)(C)C)cc1. The zero-order chi connectivity index (χ0) is 14.8. The summed E-state index contributed by atoms with van der Waals surface area (Å²) in [6.45, 7) is 9.56. The second kappa shape index (κ2) is 5.80. The van der Waals surface area contributed by atoms with Crippen molar-refractivity contribution in [3.63, 3.8) is 0 Å². The number of hydrogen-bond acceptors (Lipinski definition) is 2. The van der Waals surface area contributed by atoms with Crippen LogP contribution in [0.3, 0.4) is 0 Å². The minimum atomic E-state index is 0.00326. The third-order valence-electron chi connectivity index (χ3n) is 3.72. The molecule has 0 bridgehead atoms. The van der Waals surface area contributed by atoms with Crippen LogP contribution in [-0.2, 0) is 18.4 Å². The first kappa shape index (κ1) is 14.8. The Morgan fingerprint density at radius 3 is 2.40 bits per heavy atom. The number of rotatable bonds is 4. The van der Waals surface area contributed by atoms with E-state index in [0.717, 1.165) is 18.8 Å². The molecule has 108 valence electrons. The van der Waals surface area contributed by atoms with Gasteiger partial charge in [-0.05, 0) is 16.5 Å². The molecule has 3 heteroatoms. The van der Waals surface area contributed by atoms with E-state index in [-0.39, 0.29) is 11.5 Å². The molecule has 0 saturated carbocycles. The van der Waals surface area contributed by atoms with Gasteiger partial charge in [0.05, 0.1) is 0 Å². The fourth-order valence-corrected chi connectivity index (χ4v) is 2.37. The Morgan fingerprint density at radius 1 is 1.20 bits per heavy atom. The second-order valence-corrected chi connectivity index (χ2v) is 6.33. The number of imidazole rings is 1. The van der Waals surface area contributed by atoms with Gasteiger partial charge >= 0.3 is 0 Å². The molecule has 3 nitrogen and oxygen atoms in total. The van der Waals surface area contributed by atoms with Gasteiger partial charge in [-0.1, -0.05) is 52.0 Å². The third kappa shape index (κ3) is 3.28. The van der Waals surface area contributed by atoms with E-state index in [1.807, 2.05) is 12.4 Å². The summed E-state index contributed by atoms with van der Waals surface area (Å²) in [7, 11) is 0.